The first-order valence-corrected chi connectivity index (χ1v) is 8.11. The van der Waals surface area contributed by atoms with Gasteiger partial charge in [-0.25, -0.2) is 4.99 Å². The van der Waals surface area contributed by atoms with E-state index in [-0.39, 0.29) is 19.1 Å². The lowest BCUT2D eigenvalue weighted by Gasteiger charge is -2.13. The molecule has 1 heterocycles. The number of guanidine groups is 1. The largest absolute Gasteiger partial charge is 0.454 e. The van der Waals surface area contributed by atoms with Crippen LogP contribution in [-0.4, -0.2) is 45.7 Å². The highest BCUT2D eigenvalue weighted by molar-refractivity contribution is 5.79. The van der Waals surface area contributed by atoms with Gasteiger partial charge in [0.2, 0.25) is 6.79 Å². The topological polar surface area (TPSA) is 73.3 Å². The lowest BCUT2D eigenvalue weighted by Crippen LogP contribution is -2.39. The maximum Gasteiger partial charge on any atom is 0.387 e. The van der Waals surface area contributed by atoms with Gasteiger partial charge in [0.05, 0.1) is 13.2 Å². The molecule has 9 heteroatoms. The molecule has 1 aliphatic rings. The molecule has 0 atom stereocenters. The molecular weight excluding hydrogens is 336 g/mol. The summed E-state index contributed by atoms with van der Waals surface area (Å²) in [5, 5.41) is 6.19. The van der Waals surface area contributed by atoms with Crippen molar-refractivity contribution in [2.75, 3.05) is 33.1 Å². The molecule has 0 aliphatic carbocycles. The summed E-state index contributed by atoms with van der Waals surface area (Å²) in [4.78, 5) is 4.39. The third-order valence-corrected chi connectivity index (χ3v) is 3.27. The van der Waals surface area contributed by atoms with Crippen LogP contribution in [-0.2, 0) is 11.3 Å². The molecule has 0 radical (unpaired) electrons. The van der Waals surface area contributed by atoms with Crippen molar-refractivity contribution in [2.45, 2.75) is 27.0 Å². The fourth-order valence-corrected chi connectivity index (χ4v) is 2.19. The van der Waals surface area contributed by atoms with Gasteiger partial charge in [-0.15, -0.1) is 0 Å². The van der Waals surface area contributed by atoms with Crippen LogP contribution >= 0.6 is 0 Å². The molecule has 0 saturated carbocycles. The molecule has 0 aromatic heterocycles. The molecule has 140 valence electrons. The highest BCUT2D eigenvalue weighted by Crippen LogP contribution is 2.38. The predicted octanol–water partition coefficient (Wildman–Crippen LogP) is 2.11. The number of aliphatic imine (C=N–C) groups is 1. The summed E-state index contributed by atoms with van der Waals surface area (Å²) >= 11 is 0. The van der Waals surface area contributed by atoms with Gasteiger partial charge >= 0.3 is 6.61 Å². The monoisotopic (exact) mass is 359 g/mol. The van der Waals surface area contributed by atoms with E-state index >= 15 is 0 Å². The average Bonchev–Trinajstić information content (AvgIpc) is 3.02. The summed E-state index contributed by atoms with van der Waals surface area (Å²) in [6, 6.07) is 3.00. The third-order valence-electron chi connectivity index (χ3n) is 3.27. The number of fused-ring (bicyclic) bond motifs is 1. The molecule has 7 nitrogen and oxygen atoms in total. The van der Waals surface area contributed by atoms with Crippen molar-refractivity contribution < 1.29 is 27.7 Å². The SMILES string of the molecule is CCNC(=NCc1cc2c(cc1OC(F)F)OCO2)NCCOCC. The number of benzene rings is 1. The van der Waals surface area contributed by atoms with Crippen molar-refractivity contribution >= 4 is 5.96 Å². The number of alkyl halides is 2. The van der Waals surface area contributed by atoms with Gasteiger partial charge in [0.15, 0.2) is 17.5 Å². The van der Waals surface area contributed by atoms with Gasteiger partial charge in [-0.2, -0.15) is 8.78 Å². The molecule has 0 fully saturated rings. The minimum absolute atomic E-state index is 0.0214. The number of hydrogen-bond acceptors (Lipinski definition) is 5. The van der Waals surface area contributed by atoms with Crippen LogP contribution < -0.4 is 24.8 Å². The van der Waals surface area contributed by atoms with Crippen LogP contribution in [0.5, 0.6) is 17.2 Å². The minimum atomic E-state index is -2.93. The fourth-order valence-electron chi connectivity index (χ4n) is 2.19. The van der Waals surface area contributed by atoms with Crippen LogP contribution in [0.15, 0.2) is 17.1 Å². The van der Waals surface area contributed by atoms with Gasteiger partial charge in [0.25, 0.3) is 0 Å². The fraction of sp³-hybridized carbons (Fsp3) is 0.562. The summed E-state index contributed by atoms with van der Waals surface area (Å²) in [5.41, 5.74) is 0.478. The van der Waals surface area contributed by atoms with Crippen molar-refractivity contribution in [3.05, 3.63) is 17.7 Å². The lowest BCUT2D eigenvalue weighted by molar-refractivity contribution is -0.0505. The summed E-state index contributed by atoms with van der Waals surface area (Å²) in [7, 11) is 0. The smallest absolute Gasteiger partial charge is 0.387 e. The van der Waals surface area contributed by atoms with Gasteiger partial charge < -0.3 is 29.6 Å². The van der Waals surface area contributed by atoms with E-state index in [4.69, 9.17) is 14.2 Å². The van der Waals surface area contributed by atoms with Crippen LogP contribution in [0.25, 0.3) is 0 Å². The first-order valence-electron chi connectivity index (χ1n) is 8.11. The van der Waals surface area contributed by atoms with Crippen molar-refractivity contribution in [2.24, 2.45) is 4.99 Å². The first kappa shape index (κ1) is 19.0. The molecule has 2 rings (SSSR count). The second kappa shape index (κ2) is 9.87. The number of halogens is 2. The molecule has 25 heavy (non-hydrogen) atoms. The van der Waals surface area contributed by atoms with Gasteiger partial charge in [-0.3, -0.25) is 0 Å². The quantitative estimate of drug-likeness (QED) is 0.400. The van der Waals surface area contributed by atoms with E-state index < -0.39 is 6.61 Å². The minimum Gasteiger partial charge on any atom is -0.454 e. The Balaban J connectivity index is 2.09. The molecule has 0 bridgehead atoms. The zero-order valence-corrected chi connectivity index (χ0v) is 14.3. The maximum atomic E-state index is 12.6. The van der Waals surface area contributed by atoms with E-state index in [0.29, 0.717) is 49.3 Å². The van der Waals surface area contributed by atoms with E-state index in [1.807, 2.05) is 13.8 Å². The zero-order valence-electron chi connectivity index (χ0n) is 14.3. The number of hydrogen-bond donors (Lipinski definition) is 2. The predicted molar refractivity (Wildman–Crippen MR) is 88.5 cm³/mol. The highest BCUT2D eigenvalue weighted by Gasteiger charge is 2.20. The molecule has 1 aromatic rings. The maximum absolute atomic E-state index is 12.6. The second-order valence-corrected chi connectivity index (χ2v) is 5.01. The zero-order chi connectivity index (χ0) is 18.1. The lowest BCUT2D eigenvalue weighted by atomic mass is 10.1. The van der Waals surface area contributed by atoms with E-state index in [1.54, 1.807) is 6.07 Å². The molecule has 0 saturated heterocycles. The Morgan fingerprint density at radius 1 is 1.24 bits per heavy atom. The first-order chi connectivity index (χ1) is 12.1. The Kier molecular flexibility index (Phi) is 7.52. The molecular formula is C16H23F2N3O4. The number of nitrogens with one attached hydrogen (secondary N) is 2. The average molecular weight is 359 g/mol. The summed E-state index contributed by atoms with van der Waals surface area (Å²) < 4.78 is 45.6. The van der Waals surface area contributed by atoms with Crippen LogP contribution in [0.1, 0.15) is 19.4 Å². The van der Waals surface area contributed by atoms with E-state index in [1.165, 1.54) is 6.07 Å². The van der Waals surface area contributed by atoms with Crippen LogP contribution in [0.4, 0.5) is 8.78 Å². The molecule has 0 spiro atoms. The van der Waals surface area contributed by atoms with Gasteiger partial charge in [-0.05, 0) is 19.9 Å². The normalized spacial score (nSPS) is 13.2. The van der Waals surface area contributed by atoms with Crippen molar-refractivity contribution in [1.82, 2.24) is 10.6 Å². The second-order valence-electron chi connectivity index (χ2n) is 5.01. The Bertz CT molecular complexity index is 585. The number of ether oxygens (including phenoxy) is 4. The van der Waals surface area contributed by atoms with Crippen LogP contribution in [0, 0.1) is 0 Å². The summed E-state index contributed by atoms with van der Waals surface area (Å²) in [6.07, 6.45) is 0. The third kappa shape index (κ3) is 5.93. The molecule has 0 unspecified atom stereocenters. The number of rotatable bonds is 9. The van der Waals surface area contributed by atoms with Crippen LogP contribution in [0.3, 0.4) is 0 Å². The summed E-state index contributed by atoms with van der Waals surface area (Å²) in [5.74, 6) is 1.45. The Hall–Kier alpha value is -2.29. The Morgan fingerprint density at radius 2 is 2.00 bits per heavy atom. The van der Waals surface area contributed by atoms with Crippen molar-refractivity contribution in [3.8, 4) is 17.2 Å². The summed E-state index contributed by atoms with van der Waals surface area (Å²) in [6.45, 7) is 3.56. The van der Waals surface area contributed by atoms with Gasteiger partial charge in [-0.1, -0.05) is 0 Å². The Labute approximate surface area is 145 Å². The highest BCUT2D eigenvalue weighted by atomic mass is 19.3. The van der Waals surface area contributed by atoms with Crippen molar-refractivity contribution in [1.29, 1.82) is 0 Å². The van der Waals surface area contributed by atoms with Crippen LogP contribution in [0.2, 0.25) is 0 Å². The molecule has 1 aliphatic heterocycles. The standard InChI is InChI=1S/C16H23F2N3O4/c1-3-19-16(20-5-6-22-4-2)21-9-11-7-13-14(24-10-23-13)8-12(11)25-15(17)18/h7-8,15H,3-6,9-10H2,1-2H3,(H2,19,20,21). The number of nitrogens with zero attached hydrogens (tertiary/aromatic N) is 1. The molecule has 1 aromatic carbocycles. The van der Waals surface area contributed by atoms with Gasteiger partial charge in [0, 0.05) is 31.3 Å². The Morgan fingerprint density at radius 3 is 2.68 bits per heavy atom. The van der Waals surface area contributed by atoms with E-state index in [0.717, 1.165) is 0 Å². The van der Waals surface area contributed by atoms with E-state index in [9.17, 15) is 8.78 Å². The van der Waals surface area contributed by atoms with E-state index in [2.05, 4.69) is 20.4 Å². The molecule has 2 N–H and O–H groups in total. The molecule has 0 amide bonds. The van der Waals surface area contributed by atoms with Gasteiger partial charge in [0.1, 0.15) is 5.75 Å². The van der Waals surface area contributed by atoms with Crippen molar-refractivity contribution in [3.63, 3.8) is 0 Å².